The van der Waals surface area contributed by atoms with E-state index in [1.807, 2.05) is 51.1 Å². The molecule has 0 saturated heterocycles. The van der Waals surface area contributed by atoms with E-state index in [9.17, 15) is 14.0 Å². The van der Waals surface area contributed by atoms with E-state index in [-0.39, 0.29) is 30.2 Å². The van der Waals surface area contributed by atoms with E-state index in [1.165, 1.54) is 6.07 Å². The van der Waals surface area contributed by atoms with Gasteiger partial charge in [-0.3, -0.25) is 9.79 Å². The second-order valence-electron chi connectivity index (χ2n) is 8.66. The van der Waals surface area contributed by atoms with Crippen LogP contribution in [0.4, 0.5) is 20.6 Å². The Bertz CT molecular complexity index is 1250. The van der Waals surface area contributed by atoms with Crippen molar-refractivity contribution in [2.24, 2.45) is 4.99 Å². The Balaban J connectivity index is 1.71. The first-order valence-corrected chi connectivity index (χ1v) is 11.2. The molecule has 1 heterocycles. The van der Waals surface area contributed by atoms with Crippen molar-refractivity contribution in [3.63, 3.8) is 0 Å². The highest BCUT2D eigenvalue weighted by Gasteiger charge is 2.27. The van der Waals surface area contributed by atoms with Crippen LogP contribution in [0.5, 0.6) is 0 Å². The number of hydrogen-bond donors (Lipinski definition) is 3. The number of fused-ring (bicyclic) bond motifs is 1. The van der Waals surface area contributed by atoms with Crippen molar-refractivity contribution in [2.75, 3.05) is 10.6 Å². The minimum Gasteiger partial charge on any atom is -0.336 e. The third kappa shape index (κ3) is 5.31. The Morgan fingerprint density at radius 3 is 2.53 bits per heavy atom. The second-order valence-corrected chi connectivity index (χ2v) is 8.66. The van der Waals surface area contributed by atoms with E-state index >= 15 is 0 Å². The summed E-state index contributed by atoms with van der Waals surface area (Å²) >= 11 is 0. The molecule has 7 heteroatoms. The fraction of sp³-hybridized carbons (Fsp3) is 0.222. The number of urea groups is 1. The van der Waals surface area contributed by atoms with Gasteiger partial charge in [0, 0.05) is 29.3 Å². The van der Waals surface area contributed by atoms with Gasteiger partial charge in [-0.2, -0.15) is 0 Å². The molecule has 3 aromatic rings. The summed E-state index contributed by atoms with van der Waals surface area (Å²) < 4.78 is 14.3. The zero-order valence-electron chi connectivity index (χ0n) is 19.4. The molecule has 0 spiro atoms. The van der Waals surface area contributed by atoms with E-state index in [2.05, 4.69) is 16.0 Å². The third-order valence-electron chi connectivity index (χ3n) is 5.48. The average molecular weight is 459 g/mol. The van der Waals surface area contributed by atoms with Gasteiger partial charge in [0.1, 0.15) is 11.9 Å². The summed E-state index contributed by atoms with van der Waals surface area (Å²) in [5.41, 5.74) is 4.97. The maximum Gasteiger partial charge on any atom is 0.319 e. The molecular weight excluding hydrogens is 431 g/mol. The number of benzene rings is 3. The molecule has 6 nitrogen and oxygen atoms in total. The van der Waals surface area contributed by atoms with Crippen LogP contribution >= 0.6 is 0 Å². The lowest BCUT2D eigenvalue weighted by Crippen LogP contribution is -2.34. The van der Waals surface area contributed by atoms with Crippen LogP contribution in [0.25, 0.3) is 0 Å². The van der Waals surface area contributed by atoms with E-state index < -0.39 is 6.04 Å². The molecule has 174 valence electrons. The highest BCUT2D eigenvalue weighted by atomic mass is 19.1. The number of benzodiazepines with no additional fused rings is 1. The summed E-state index contributed by atoms with van der Waals surface area (Å²) in [6.07, 6.45) is 0.143. The number of aliphatic imine (C=N–C) groups is 1. The van der Waals surface area contributed by atoms with Crippen LogP contribution < -0.4 is 16.0 Å². The predicted octanol–water partition coefficient (Wildman–Crippen LogP) is 5.06. The van der Waals surface area contributed by atoms with Gasteiger partial charge in [-0.05, 0) is 56.7 Å². The van der Waals surface area contributed by atoms with E-state index in [1.54, 1.807) is 30.3 Å². The highest BCUT2D eigenvalue weighted by Crippen LogP contribution is 2.27. The van der Waals surface area contributed by atoms with Crippen LogP contribution in [0.15, 0.2) is 71.7 Å². The van der Waals surface area contributed by atoms with E-state index in [0.717, 1.165) is 16.7 Å². The van der Waals surface area contributed by atoms with Crippen LogP contribution in [0.2, 0.25) is 0 Å². The minimum absolute atomic E-state index is 0.0239. The first-order chi connectivity index (χ1) is 16.3. The van der Waals surface area contributed by atoms with Gasteiger partial charge in [0.15, 0.2) is 0 Å². The third-order valence-corrected chi connectivity index (χ3v) is 5.48. The lowest BCUT2D eigenvalue weighted by Gasteiger charge is -2.13. The summed E-state index contributed by atoms with van der Waals surface area (Å²) in [6.45, 7) is 5.75. The van der Waals surface area contributed by atoms with Crippen LogP contribution in [0.1, 0.15) is 36.1 Å². The molecule has 3 aromatic carbocycles. The predicted molar refractivity (Wildman–Crippen MR) is 133 cm³/mol. The smallest absolute Gasteiger partial charge is 0.319 e. The fourth-order valence-electron chi connectivity index (χ4n) is 3.84. The van der Waals surface area contributed by atoms with Gasteiger partial charge in [-0.1, -0.05) is 42.0 Å². The van der Waals surface area contributed by atoms with E-state index in [4.69, 9.17) is 4.99 Å². The molecule has 1 atom stereocenters. The summed E-state index contributed by atoms with van der Waals surface area (Å²) in [7, 11) is 0. The number of aryl methyl sites for hydroxylation is 1. The van der Waals surface area contributed by atoms with Gasteiger partial charge in [-0.25, -0.2) is 9.18 Å². The molecule has 3 N–H and O–H groups in total. The Kier molecular flexibility index (Phi) is 6.72. The summed E-state index contributed by atoms with van der Waals surface area (Å²) in [4.78, 5) is 29.9. The molecule has 0 aliphatic carbocycles. The van der Waals surface area contributed by atoms with Crippen LogP contribution in [0.3, 0.4) is 0 Å². The topological polar surface area (TPSA) is 82.6 Å². The Hall–Kier alpha value is -4.00. The molecule has 1 aliphatic rings. The van der Waals surface area contributed by atoms with Crippen LogP contribution in [0, 0.1) is 12.7 Å². The molecule has 0 bridgehead atoms. The summed E-state index contributed by atoms with van der Waals surface area (Å²) in [6, 6.07) is 18.4. The molecular formula is C27H27FN4O2. The molecule has 0 aromatic heterocycles. The lowest BCUT2D eigenvalue weighted by atomic mass is 9.98. The number of anilines is 2. The van der Waals surface area contributed by atoms with Crippen molar-refractivity contribution < 1.29 is 14.0 Å². The maximum atomic E-state index is 14.3. The Labute approximate surface area is 198 Å². The van der Waals surface area contributed by atoms with Gasteiger partial charge in [0.25, 0.3) is 0 Å². The van der Waals surface area contributed by atoms with Crippen LogP contribution in [-0.4, -0.2) is 29.7 Å². The van der Waals surface area contributed by atoms with Gasteiger partial charge in [0.05, 0.1) is 11.4 Å². The molecule has 4 rings (SSSR count). The van der Waals surface area contributed by atoms with Gasteiger partial charge in [0.2, 0.25) is 5.91 Å². The number of rotatable bonds is 5. The quantitative estimate of drug-likeness (QED) is 0.499. The van der Waals surface area contributed by atoms with Crippen LogP contribution in [-0.2, 0) is 11.2 Å². The maximum absolute atomic E-state index is 14.3. The zero-order chi connectivity index (χ0) is 24.2. The minimum atomic E-state index is -0.797. The first kappa shape index (κ1) is 23.2. The Morgan fingerprint density at radius 1 is 1.09 bits per heavy atom. The van der Waals surface area contributed by atoms with Crippen molar-refractivity contribution in [3.8, 4) is 0 Å². The second kappa shape index (κ2) is 9.87. The highest BCUT2D eigenvalue weighted by molar-refractivity contribution is 6.20. The number of nitrogens with one attached hydrogen (secondary N) is 3. The number of amides is 3. The van der Waals surface area contributed by atoms with Crippen molar-refractivity contribution in [2.45, 2.75) is 39.3 Å². The van der Waals surface area contributed by atoms with Crippen molar-refractivity contribution in [3.05, 3.63) is 94.8 Å². The number of halogens is 1. The lowest BCUT2D eigenvalue weighted by molar-refractivity contribution is -0.117. The summed E-state index contributed by atoms with van der Waals surface area (Å²) in [5.74, 6) is -0.647. The molecule has 1 aliphatic heterocycles. The molecule has 0 saturated carbocycles. The Morgan fingerprint density at radius 2 is 1.82 bits per heavy atom. The monoisotopic (exact) mass is 458 g/mol. The molecule has 34 heavy (non-hydrogen) atoms. The first-order valence-electron chi connectivity index (χ1n) is 11.2. The number of carbonyl (C=O) groups is 2. The fourth-order valence-corrected chi connectivity index (χ4v) is 3.84. The number of carbonyl (C=O) groups excluding carboxylic acids is 2. The largest absolute Gasteiger partial charge is 0.336 e. The average Bonchev–Trinajstić information content (AvgIpc) is 2.92. The van der Waals surface area contributed by atoms with E-state index in [0.29, 0.717) is 22.6 Å². The molecule has 0 radical (unpaired) electrons. The molecule has 0 fully saturated rings. The normalized spacial score (nSPS) is 15.1. The van der Waals surface area contributed by atoms with Gasteiger partial charge < -0.3 is 16.0 Å². The summed E-state index contributed by atoms with van der Waals surface area (Å²) in [5, 5.41) is 8.54. The van der Waals surface area contributed by atoms with Crippen molar-refractivity contribution >= 4 is 29.0 Å². The van der Waals surface area contributed by atoms with Gasteiger partial charge >= 0.3 is 6.03 Å². The number of nitrogens with zero attached hydrogens (tertiary/aromatic N) is 1. The molecule has 3 amide bonds. The number of hydrogen-bond acceptors (Lipinski definition) is 3. The zero-order valence-corrected chi connectivity index (χ0v) is 19.4. The standard InChI is InChI=1S/C27H27FN4O2/c1-16(2)29-27(34)30-20-11-9-18(10-12-20)25-21-14-17(3)8-13-23(21)32-26(33)24(31-25)15-19-6-4-5-7-22(19)28/h4-14,16,24H,15H2,1-3H3,(H,32,33)(H2,29,30,34). The van der Waals surface area contributed by atoms with Gasteiger partial charge in [-0.15, -0.1) is 0 Å². The SMILES string of the molecule is Cc1ccc2c(c1)C(c1ccc(NC(=O)NC(C)C)cc1)=NC(Cc1ccccc1F)C(=O)N2. The van der Waals surface area contributed by atoms with Crippen molar-refractivity contribution in [1.82, 2.24) is 5.32 Å². The van der Waals surface area contributed by atoms with Crippen molar-refractivity contribution in [1.29, 1.82) is 0 Å². The molecule has 1 unspecified atom stereocenters.